The molecule has 0 saturated heterocycles. The third-order valence-electron chi connectivity index (χ3n) is 2.71. The smallest absolute Gasteiger partial charge is 0.181 e. The molecule has 0 bridgehead atoms. The van der Waals surface area contributed by atoms with Crippen molar-refractivity contribution < 1.29 is 14.6 Å². The van der Waals surface area contributed by atoms with E-state index in [4.69, 9.17) is 9.47 Å². The van der Waals surface area contributed by atoms with E-state index in [1.807, 2.05) is 60.7 Å². The summed E-state index contributed by atoms with van der Waals surface area (Å²) in [5.41, 5.74) is 2.12. The van der Waals surface area contributed by atoms with E-state index in [2.05, 4.69) is 0 Å². The second kappa shape index (κ2) is 7.69. The summed E-state index contributed by atoms with van der Waals surface area (Å²) in [5.74, 6) is 0. The molecule has 0 saturated carbocycles. The Labute approximate surface area is 113 Å². The molecule has 3 heteroatoms. The monoisotopic (exact) mass is 258 g/mol. The first-order valence-corrected chi connectivity index (χ1v) is 6.30. The van der Waals surface area contributed by atoms with Crippen molar-refractivity contribution in [3.05, 3.63) is 71.8 Å². The molecule has 19 heavy (non-hydrogen) atoms. The van der Waals surface area contributed by atoms with E-state index in [1.54, 1.807) is 0 Å². The molecule has 0 aliphatic heterocycles. The van der Waals surface area contributed by atoms with Crippen molar-refractivity contribution in [3.63, 3.8) is 0 Å². The van der Waals surface area contributed by atoms with Gasteiger partial charge in [0.2, 0.25) is 0 Å². The number of rotatable bonds is 7. The Balaban J connectivity index is 1.77. The van der Waals surface area contributed by atoms with Gasteiger partial charge in [-0.15, -0.1) is 0 Å². The van der Waals surface area contributed by atoms with Crippen LogP contribution < -0.4 is 0 Å². The molecule has 3 nitrogen and oxygen atoms in total. The van der Waals surface area contributed by atoms with E-state index >= 15 is 0 Å². The third kappa shape index (κ3) is 4.83. The maximum atomic E-state index is 9.23. The first-order chi connectivity index (χ1) is 9.38. The minimum atomic E-state index is -0.597. The van der Waals surface area contributed by atoms with Gasteiger partial charge in [0.05, 0.1) is 19.8 Å². The zero-order valence-electron chi connectivity index (χ0n) is 10.7. The highest BCUT2D eigenvalue weighted by atomic mass is 16.7. The van der Waals surface area contributed by atoms with Gasteiger partial charge < -0.3 is 14.6 Å². The first-order valence-electron chi connectivity index (χ1n) is 6.30. The lowest BCUT2D eigenvalue weighted by Gasteiger charge is -2.16. The summed E-state index contributed by atoms with van der Waals surface area (Å²) in [4.78, 5) is 0. The van der Waals surface area contributed by atoms with Crippen molar-refractivity contribution in [1.29, 1.82) is 0 Å². The average Bonchev–Trinajstić information content (AvgIpc) is 2.49. The van der Waals surface area contributed by atoms with Crippen LogP contribution in [-0.2, 0) is 22.7 Å². The van der Waals surface area contributed by atoms with Crippen LogP contribution in [0.5, 0.6) is 0 Å². The fourth-order valence-electron chi connectivity index (χ4n) is 1.68. The minimum Gasteiger partial charge on any atom is -0.391 e. The highest BCUT2D eigenvalue weighted by Crippen LogP contribution is 2.07. The summed E-state index contributed by atoms with van der Waals surface area (Å²) in [6.07, 6.45) is -0.597. The van der Waals surface area contributed by atoms with Crippen LogP contribution in [0.3, 0.4) is 0 Å². The highest BCUT2D eigenvalue weighted by molar-refractivity contribution is 5.14. The number of aliphatic hydroxyl groups is 1. The van der Waals surface area contributed by atoms with Gasteiger partial charge in [0.25, 0.3) is 0 Å². The Morgan fingerprint density at radius 1 is 0.737 bits per heavy atom. The molecule has 0 aliphatic rings. The van der Waals surface area contributed by atoms with Crippen molar-refractivity contribution >= 4 is 0 Å². The fraction of sp³-hybridized carbons (Fsp3) is 0.250. The number of aliphatic hydroxyl groups excluding tert-OH is 1. The Kier molecular flexibility index (Phi) is 5.56. The Morgan fingerprint density at radius 3 is 1.53 bits per heavy atom. The van der Waals surface area contributed by atoms with Gasteiger partial charge >= 0.3 is 0 Å². The van der Waals surface area contributed by atoms with Crippen molar-refractivity contribution in [3.8, 4) is 0 Å². The number of hydrogen-bond acceptors (Lipinski definition) is 3. The molecule has 0 aliphatic carbocycles. The minimum absolute atomic E-state index is 0.153. The van der Waals surface area contributed by atoms with E-state index in [0.29, 0.717) is 13.2 Å². The predicted molar refractivity (Wildman–Crippen MR) is 73.3 cm³/mol. The maximum absolute atomic E-state index is 9.23. The van der Waals surface area contributed by atoms with E-state index in [-0.39, 0.29) is 6.61 Å². The highest BCUT2D eigenvalue weighted by Gasteiger charge is 2.08. The van der Waals surface area contributed by atoms with E-state index < -0.39 is 6.29 Å². The van der Waals surface area contributed by atoms with E-state index in [9.17, 15) is 5.11 Å². The van der Waals surface area contributed by atoms with Crippen molar-refractivity contribution in [2.45, 2.75) is 19.5 Å². The van der Waals surface area contributed by atoms with Crippen LogP contribution in [0.2, 0.25) is 0 Å². The van der Waals surface area contributed by atoms with Gasteiger partial charge in [0.15, 0.2) is 6.29 Å². The Morgan fingerprint density at radius 2 is 1.16 bits per heavy atom. The number of hydrogen-bond donors (Lipinski definition) is 1. The molecule has 0 spiro atoms. The lowest BCUT2D eigenvalue weighted by atomic mass is 10.2. The van der Waals surface area contributed by atoms with Gasteiger partial charge in [0, 0.05) is 0 Å². The number of ether oxygens (including phenoxy) is 2. The van der Waals surface area contributed by atoms with Gasteiger partial charge in [0.1, 0.15) is 0 Å². The van der Waals surface area contributed by atoms with Crippen LogP contribution in [0.15, 0.2) is 60.7 Å². The largest absolute Gasteiger partial charge is 0.391 e. The third-order valence-corrected chi connectivity index (χ3v) is 2.71. The summed E-state index contributed by atoms with van der Waals surface area (Å²) in [7, 11) is 0. The molecule has 0 radical (unpaired) electrons. The van der Waals surface area contributed by atoms with Crippen molar-refractivity contribution in [1.82, 2.24) is 0 Å². The summed E-state index contributed by atoms with van der Waals surface area (Å²) in [6.45, 7) is 0.710. The molecule has 0 heterocycles. The molecule has 2 aromatic rings. The Bertz CT molecular complexity index is 412. The standard InChI is InChI=1S/C16H18O3/c17-11-16(18-12-14-7-3-1-4-8-14)19-13-15-9-5-2-6-10-15/h1-10,16-17H,11-13H2. The van der Waals surface area contributed by atoms with Gasteiger partial charge in [-0.05, 0) is 11.1 Å². The van der Waals surface area contributed by atoms with Crippen LogP contribution in [0, 0.1) is 0 Å². The molecular formula is C16H18O3. The molecular weight excluding hydrogens is 240 g/mol. The molecule has 2 aromatic carbocycles. The molecule has 2 rings (SSSR count). The summed E-state index contributed by atoms with van der Waals surface area (Å²) >= 11 is 0. The van der Waals surface area contributed by atoms with E-state index in [1.165, 1.54) is 0 Å². The van der Waals surface area contributed by atoms with Crippen LogP contribution in [0.4, 0.5) is 0 Å². The van der Waals surface area contributed by atoms with Crippen LogP contribution in [0.25, 0.3) is 0 Å². The second-order valence-electron chi connectivity index (χ2n) is 4.21. The van der Waals surface area contributed by atoms with Gasteiger partial charge in [-0.25, -0.2) is 0 Å². The number of benzene rings is 2. The predicted octanol–water partition coefficient (Wildman–Crippen LogP) is 2.74. The zero-order chi connectivity index (χ0) is 13.3. The van der Waals surface area contributed by atoms with Crippen LogP contribution >= 0.6 is 0 Å². The molecule has 0 aromatic heterocycles. The first kappa shape index (κ1) is 13.7. The average molecular weight is 258 g/mol. The molecule has 0 amide bonds. The lowest BCUT2D eigenvalue weighted by molar-refractivity contribution is -0.175. The van der Waals surface area contributed by atoms with Gasteiger partial charge in [-0.3, -0.25) is 0 Å². The second-order valence-corrected chi connectivity index (χ2v) is 4.21. The molecule has 100 valence electrons. The molecule has 0 fully saturated rings. The van der Waals surface area contributed by atoms with Crippen LogP contribution in [0.1, 0.15) is 11.1 Å². The van der Waals surface area contributed by atoms with Gasteiger partial charge in [-0.2, -0.15) is 0 Å². The topological polar surface area (TPSA) is 38.7 Å². The maximum Gasteiger partial charge on any atom is 0.181 e. The summed E-state index contributed by atoms with van der Waals surface area (Å²) < 4.78 is 11.1. The SMILES string of the molecule is OCC(OCc1ccccc1)OCc1ccccc1. The Hall–Kier alpha value is -1.68. The normalized spacial score (nSPS) is 10.8. The molecule has 0 atom stereocenters. The summed E-state index contributed by atoms with van der Waals surface area (Å²) in [5, 5.41) is 9.23. The summed E-state index contributed by atoms with van der Waals surface area (Å²) in [6, 6.07) is 19.6. The van der Waals surface area contributed by atoms with Crippen molar-refractivity contribution in [2.24, 2.45) is 0 Å². The van der Waals surface area contributed by atoms with Crippen molar-refractivity contribution in [2.75, 3.05) is 6.61 Å². The van der Waals surface area contributed by atoms with Gasteiger partial charge in [-0.1, -0.05) is 60.7 Å². The fourth-order valence-corrected chi connectivity index (χ4v) is 1.68. The quantitative estimate of drug-likeness (QED) is 0.776. The van der Waals surface area contributed by atoms with E-state index in [0.717, 1.165) is 11.1 Å². The zero-order valence-corrected chi connectivity index (χ0v) is 10.7. The lowest BCUT2D eigenvalue weighted by Crippen LogP contribution is -2.21. The molecule has 1 N–H and O–H groups in total. The van der Waals surface area contributed by atoms with Crippen LogP contribution in [-0.4, -0.2) is 18.0 Å². The molecule has 0 unspecified atom stereocenters.